The van der Waals surface area contributed by atoms with Crippen molar-refractivity contribution >= 4 is 5.97 Å². The summed E-state index contributed by atoms with van der Waals surface area (Å²) in [6.07, 6.45) is 14.7. The summed E-state index contributed by atoms with van der Waals surface area (Å²) < 4.78 is 23.5. The zero-order valence-corrected chi connectivity index (χ0v) is 24.1. The topological polar surface area (TPSA) is 90.1 Å². The minimum atomic E-state index is -0.632. The van der Waals surface area contributed by atoms with Crippen LogP contribution in [0.5, 0.6) is 0 Å². The molecule has 9 atom stereocenters. The van der Waals surface area contributed by atoms with E-state index in [0.29, 0.717) is 29.8 Å². The fraction of sp³-hybridized carbons (Fsp3) is 0.688. The van der Waals surface area contributed by atoms with Gasteiger partial charge in [-0.2, -0.15) is 5.10 Å². The maximum Gasteiger partial charge on any atom is 0.307 e. The molecular formula is C32H41FN4O3. The first-order chi connectivity index (χ1) is 19.1. The summed E-state index contributed by atoms with van der Waals surface area (Å²) in [6, 6.07) is 1.65. The Morgan fingerprint density at radius 2 is 1.98 bits per heavy atom. The van der Waals surface area contributed by atoms with E-state index in [1.165, 1.54) is 12.5 Å². The average Bonchev–Trinajstić information content (AvgIpc) is 3.38. The van der Waals surface area contributed by atoms with Crippen LogP contribution in [0.25, 0.3) is 11.4 Å². The van der Waals surface area contributed by atoms with Crippen molar-refractivity contribution in [2.75, 3.05) is 6.61 Å². The number of nitrogens with zero attached hydrogens (tertiary/aromatic N) is 4. The largest absolute Gasteiger partial charge is 0.481 e. The molecule has 0 amide bonds. The summed E-state index contributed by atoms with van der Waals surface area (Å²) in [6.45, 7) is 9.77. The molecular weight excluding hydrogens is 507 g/mol. The maximum atomic E-state index is 14.8. The Hall–Kier alpha value is -2.61. The van der Waals surface area contributed by atoms with Crippen molar-refractivity contribution in [2.24, 2.45) is 45.3 Å². The van der Waals surface area contributed by atoms with Crippen LogP contribution in [0.2, 0.25) is 0 Å². The monoisotopic (exact) mass is 548 g/mol. The molecule has 0 radical (unpaired) electrons. The Balaban J connectivity index is 1.29. The molecule has 4 aliphatic carbocycles. The van der Waals surface area contributed by atoms with Crippen LogP contribution in [-0.2, 0) is 9.53 Å². The molecule has 0 aromatic carbocycles. The van der Waals surface area contributed by atoms with Gasteiger partial charge < -0.3 is 9.84 Å². The lowest BCUT2D eigenvalue weighted by Crippen LogP contribution is -2.64. The molecule has 8 heteroatoms. The van der Waals surface area contributed by atoms with Crippen molar-refractivity contribution in [1.29, 1.82) is 0 Å². The number of hydrogen-bond acceptors (Lipinski definition) is 5. The average molecular weight is 549 g/mol. The van der Waals surface area contributed by atoms with E-state index in [4.69, 9.17) is 4.74 Å². The van der Waals surface area contributed by atoms with E-state index in [2.05, 4.69) is 48.8 Å². The van der Waals surface area contributed by atoms with E-state index >= 15 is 0 Å². The highest BCUT2D eigenvalue weighted by Gasteiger charge is 2.68. The van der Waals surface area contributed by atoms with Crippen molar-refractivity contribution in [3.8, 4) is 11.4 Å². The number of pyridine rings is 1. The lowest BCUT2D eigenvalue weighted by Gasteiger charge is -2.69. The van der Waals surface area contributed by atoms with E-state index in [9.17, 15) is 14.3 Å². The number of hydrogen-bond donors (Lipinski definition) is 1. The number of carboxylic acid groups (broad SMARTS) is 1. The van der Waals surface area contributed by atoms with Gasteiger partial charge in [0.1, 0.15) is 6.33 Å². The number of allylic oxidation sites excluding steroid dienone is 1. The molecule has 2 aromatic rings. The van der Waals surface area contributed by atoms with Crippen molar-refractivity contribution < 1.29 is 19.0 Å². The fourth-order valence-corrected chi connectivity index (χ4v) is 10.8. The van der Waals surface area contributed by atoms with Gasteiger partial charge in [-0.05, 0) is 79.6 Å². The standard InChI is InChI=1S/C32H41FN4O3/c1-19-8-13-30(3)21-6-7-24-29(2)11-5-12-32(24,22(21)9-14-31(30,4)25(19)27(38)39)17-40-28(29)37-26(35-18-36-37)20-10-15-34-16-23(20)33/h9-10,15-16,18-19,21,24-25,28H,5-8,11-14,17H2,1-4H3,(H,38,39). The molecule has 1 saturated heterocycles. The Labute approximate surface area is 235 Å². The Bertz CT molecular complexity index is 1390. The molecule has 1 N–H and O–H groups in total. The van der Waals surface area contributed by atoms with E-state index < -0.39 is 11.8 Å². The summed E-state index contributed by atoms with van der Waals surface area (Å²) in [4.78, 5) is 21.0. The Morgan fingerprint density at radius 3 is 2.75 bits per heavy atom. The maximum absolute atomic E-state index is 14.8. The molecule has 9 unspecified atom stereocenters. The van der Waals surface area contributed by atoms with Crippen molar-refractivity contribution in [2.45, 2.75) is 85.3 Å². The van der Waals surface area contributed by atoms with Crippen LogP contribution in [0, 0.1) is 51.1 Å². The number of aromatic nitrogens is 4. The van der Waals surface area contributed by atoms with Gasteiger partial charge in [-0.25, -0.2) is 14.1 Å². The van der Waals surface area contributed by atoms with Gasteiger partial charge in [0, 0.05) is 17.0 Å². The second-order valence-electron chi connectivity index (χ2n) is 14.3. The van der Waals surface area contributed by atoms with Gasteiger partial charge in [-0.1, -0.05) is 45.8 Å². The van der Waals surface area contributed by atoms with Crippen LogP contribution in [0.4, 0.5) is 4.39 Å². The van der Waals surface area contributed by atoms with Crippen LogP contribution in [0.15, 0.2) is 36.4 Å². The molecule has 7 nitrogen and oxygen atoms in total. The summed E-state index contributed by atoms with van der Waals surface area (Å²) in [5.74, 6) is 0.108. The molecule has 214 valence electrons. The third-order valence-electron chi connectivity index (χ3n) is 12.8. The SMILES string of the molecule is CC1CCC2(C)C3CCC4C5(CCCC4(C)C(n4ncnc4-c4ccncc4F)OC5)C3=CCC2(C)C1C(=O)O. The van der Waals surface area contributed by atoms with Crippen LogP contribution >= 0.6 is 0 Å². The lowest BCUT2D eigenvalue weighted by molar-refractivity contribution is -0.248. The van der Waals surface area contributed by atoms with Crippen LogP contribution in [-0.4, -0.2) is 37.4 Å². The number of halogens is 1. The molecule has 2 aromatic heterocycles. The smallest absolute Gasteiger partial charge is 0.307 e. The number of ether oxygens (including phenoxy) is 1. The Kier molecular flexibility index (Phi) is 5.72. The van der Waals surface area contributed by atoms with Crippen LogP contribution in [0.3, 0.4) is 0 Å². The molecule has 4 fully saturated rings. The first-order valence-corrected chi connectivity index (χ1v) is 15.1. The molecule has 5 aliphatic rings. The zero-order valence-electron chi connectivity index (χ0n) is 24.1. The molecule has 40 heavy (non-hydrogen) atoms. The van der Waals surface area contributed by atoms with Gasteiger partial charge in [0.05, 0.1) is 24.3 Å². The third kappa shape index (κ3) is 3.20. The molecule has 1 aliphatic heterocycles. The second kappa shape index (κ2) is 8.70. The van der Waals surface area contributed by atoms with E-state index in [1.54, 1.807) is 17.8 Å². The van der Waals surface area contributed by atoms with E-state index in [0.717, 1.165) is 51.4 Å². The summed E-state index contributed by atoms with van der Waals surface area (Å²) in [5, 5.41) is 14.9. The predicted molar refractivity (Wildman–Crippen MR) is 147 cm³/mol. The first kappa shape index (κ1) is 26.3. The van der Waals surface area contributed by atoms with Crippen molar-refractivity contribution in [1.82, 2.24) is 19.7 Å². The first-order valence-electron chi connectivity index (χ1n) is 15.1. The van der Waals surface area contributed by atoms with Crippen LogP contribution in [0.1, 0.15) is 85.3 Å². The van der Waals surface area contributed by atoms with Gasteiger partial charge in [0.25, 0.3) is 0 Å². The predicted octanol–water partition coefficient (Wildman–Crippen LogP) is 6.68. The highest BCUT2D eigenvalue weighted by molar-refractivity contribution is 5.72. The van der Waals surface area contributed by atoms with Crippen molar-refractivity contribution in [3.05, 3.63) is 42.3 Å². The van der Waals surface area contributed by atoms with Crippen LogP contribution < -0.4 is 0 Å². The quantitative estimate of drug-likeness (QED) is 0.430. The Morgan fingerprint density at radius 1 is 1.15 bits per heavy atom. The third-order valence-corrected chi connectivity index (χ3v) is 12.8. The van der Waals surface area contributed by atoms with Gasteiger partial charge in [-0.15, -0.1) is 0 Å². The second-order valence-corrected chi connectivity index (χ2v) is 14.3. The lowest BCUT2D eigenvalue weighted by atomic mass is 9.37. The van der Waals surface area contributed by atoms with E-state index in [-0.39, 0.29) is 39.7 Å². The molecule has 7 rings (SSSR count). The molecule has 0 spiro atoms. The number of rotatable bonds is 3. The minimum absolute atomic E-state index is 0.0405. The van der Waals surface area contributed by atoms with Gasteiger partial charge >= 0.3 is 5.97 Å². The number of carboxylic acids is 1. The van der Waals surface area contributed by atoms with Gasteiger partial charge in [0.15, 0.2) is 17.9 Å². The van der Waals surface area contributed by atoms with E-state index in [1.807, 2.05) is 4.68 Å². The molecule has 2 bridgehead atoms. The fourth-order valence-electron chi connectivity index (χ4n) is 10.8. The number of carbonyl (C=O) groups is 1. The zero-order chi connectivity index (χ0) is 28.1. The number of aliphatic carboxylic acids is 1. The molecule has 3 saturated carbocycles. The minimum Gasteiger partial charge on any atom is -0.481 e. The summed E-state index contributed by atoms with van der Waals surface area (Å²) >= 11 is 0. The van der Waals surface area contributed by atoms with Crippen molar-refractivity contribution in [3.63, 3.8) is 0 Å². The summed E-state index contributed by atoms with van der Waals surface area (Å²) in [7, 11) is 0. The van der Waals surface area contributed by atoms with Gasteiger partial charge in [0.2, 0.25) is 0 Å². The highest BCUT2D eigenvalue weighted by Crippen LogP contribution is 2.74. The van der Waals surface area contributed by atoms with Gasteiger partial charge in [-0.3, -0.25) is 9.78 Å². The highest BCUT2D eigenvalue weighted by atomic mass is 19.1. The molecule has 3 heterocycles. The number of fused-ring (bicyclic) bond motifs is 3. The summed E-state index contributed by atoms with van der Waals surface area (Å²) in [5.41, 5.74) is 1.41. The normalized spacial score (nSPS) is 44.1.